The topological polar surface area (TPSA) is 72.6 Å². The Morgan fingerprint density at radius 1 is 1.21 bits per heavy atom. The fourth-order valence-corrected chi connectivity index (χ4v) is 4.09. The third-order valence-electron chi connectivity index (χ3n) is 4.64. The van der Waals surface area contributed by atoms with Crippen molar-refractivity contribution >= 4 is 44.4 Å². The predicted molar refractivity (Wildman–Crippen MR) is 112 cm³/mol. The van der Waals surface area contributed by atoms with Crippen LogP contribution in [0.1, 0.15) is 16.1 Å². The molecule has 1 amide bonds. The Hall–Kier alpha value is -3.19. The summed E-state index contributed by atoms with van der Waals surface area (Å²) in [7, 11) is 1.67. The molecule has 0 saturated heterocycles. The zero-order valence-electron chi connectivity index (χ0n) is 16.2. The maximum Gasteiger partial charge on any atom is 0.310 e. The number of hydrogen-bond donors (Lipinski definition) is 0. The second-order valence-electron chi connectivity index (χ2n) is 6.92. The number of furan rings is 1. The molecular weight excluding hydrogens is 388 g/mol. The van der Waals surface area contributed by atoms with Crippen molar-refractivity contribution in [3.8, 4) is 0 Å². The fraction of sp³-hybridized carbons (Fsp3) is 0.227. The first-order valence-electron chi connectivity index (χ1n) is 9.20. The molecule has 7 heteroatoms. The maximum atomic E-state index is 12.3. The standard InChI is InChI=1S/C22H20N2O4S/c1-14-7-8-16-15(12-27-18(16)9-14)10-22(26)28-13-21(25)24(2)11-20-23-17-5-3-4-6-19(17)29-20/h3-9,12H,10-11,13H2,1-2H3. The Kier molecular flexibility index (Phi) is 5.31. The summed E-state index contributed by atoms with van der Waals surface area (Å²) in [6.07, 6.45) is 1.62. The van der Waals surface area contributed by atoms with Crippen molar-refractivity contribution in [3.63, 3.8) is 0 Å². The molecule has 2 aromatic carbocycles. The predicted octanol–water partition coefficient (Wildman–Crippen LogP) is 4.10. The zero-order chi connectivity index (χ0) is 20.4. The highest BCUT2D eigenvalue weighted by Crippen LogP contribution is 2.23. The average Bonchev–Trinajstić information content (AvgIpc) is 3.29. The number of ether oxygens (including phenoxy) is 1. The molecule has 0 spiro atoms. The molecule has 0 unspecified atom stereocenters. The molecule has 0 atom stereocenters. The van der Waals surface area contributed by atoms with Gasteiger partial charge in [0, 0.05) is 18.0 Å². The van der Waals surface area contributed by atoms with Crippen LogP contribution in [-0.2, 0) is 27.3 Å². The molecule has 2 heterocycles. The first-order chi connectivity index (χ1) is 14.0. The van der Waals surface area contributed by atoms with E-state index in [2.05, 4.69) is 4.98 Å². The SMILES string of the molecule is Cc1ccc2c(CC(=O)OCC(=O)N(C)Cc3nc4ccccc4s3)coc2c1. The van der Waals surface area contributed by atoms with Crippen LogP contribution in [0.2, 0.25) is 0 Å². The van der Waals surface area contributed by atoms with Gasteiger partial charge in [0.2, 0.25) is 0 Å². The van der Waals surface area contributed by atoms with E-state index in [0.29, 0.717) is 6.54 Å². The molecular formula is C22H20N2O4S. The monoisotopic (exact) mass is 408 g/mol. The molecule has 0 bridgehead atoms. The number of rotatable bonds is 6. The summed E-state index contributed by atoms with van der Waals surface area (Å²) in [5.41, 5.74) is 3.49. The van der Waals surface area contributed by atoms with Crippen LogP contribution in [0.3, 0.4) is 0 Å². The van der Waals surface area contributed by atoms with Crippen molar-refractivity contribution in [2.45, 2.75) is 19.9 Å². The van der Waals surface area contributed by atoms with E-state index in [1.165, 1.54) is 4.90 Å². The minimum Gasteiger partial charge on any atom is -0.464 e. The summed E-state index contributed by atoms with van der Waals surface area (Å²) in [4.78, 5) is 30.5. The van der Waals surface area contributed by atoms with Crippen LogP contribution in [0.15, 0.2) is 53.1 Å². The van der Waals surface area contributed by atoms with E-state index in [0.717, 1.165) is 37.3 Å². The smallest absolute Gasteiger partial charge is 0.310 e. The Labute approximate surface area is 171 Å². The van der Waals surface area contributed by atoms with Gasteiger partial charge in [0.25, 0.3) is 5.91 Å². The van der Waals surface area contributed by atoms with Crippen molar-refractivity contribution in [2.75, 3.05) is 13.7 Å². The number of nitrogens with zero attached hydrogens (tertiary/aromatic N) is 2. The molecule has 0 N–H and O–H groups in total. The van der Waals surface area contributed by atoms with Gasteiger partial charge in [-0.2, -0.15) is 0 Å². The number of carbonyl (C=O) groups is 2. The van der Waals surface area contributed by atoms with Crippen molar-refractivity contribution in [3.05, 3.63) is 64.9 Å². The van der Waals surface area contributed by atoms with Gasteiger partial charge in [0.15, 0.2) is 6.61 Å². The normalized spacial score (nSPS) is 11.1. The Bertz CT molecular complexity index is 1160. The highest BCUT2D eigenvalue weighted by molar-refractivity contribution is 7.18. The van der Waals surface area contributed by atoms with E-state index >= 15 is 0 Å². The lowest BCUT2D eigenvalue weighted by Crippen LogP contribution is -2.31. The van der Waals surface area contributed by atoms with Gasteiger partial charge in [-0.25, -0.2) is 4.98 Å². The fourth-order valence-electron chi connectivity index (χ4n) is 3.06. The molecule has 4 aromatic rings. The first-order valence-corrected chi connectivity index (χ1v) is 10.0. The number of aromatic nitrogens is 1. The van der Waals surface area contributed by atoms with E-state index in [1.54, 1.807) is 24.6 Å². The summed E-state index contributed by atoms with van der Waals surface area (Å²) in [6, 6.07) is 13.7. The number of benzene rings is 2. The van der Waals surface area contributed by atoms with Crippen LogP contribution < -0.4 is 0 Å². The van der Waals surface area contributed by atoms with Gasteiger partial charge < -0.3 is 14.1 Å². The number of fused-ring (bicyclic) bond motifs is 2. The highest BCUT2D eigenvalue weighted by Gasteiger charge is 2.16. The number of carbonyl (C=O) groups excluding carboxylic acids is 2. The maximum absolute atomic E-state index is 12.3. The minimum atomic E-state index is -0.463. The molecule has 29 heavy (non-hydrogen) atoms. The summed E-state index contributed by atoms with van der Waals surface area (Å²) < 4.78 is 11.8. The number of thiazole rings is 1. The number of esters is 1. The van der Waals surface area contributed by atoms with E-state index < -0.39 is 5.97 Å². The molecule has 6 nitrogen and oxygen atoms in total. The Balaban J connectivity index is 1.31. The molecule has 2 aromatic heterocycles. The van der Waals surface area contributed by atoms with Gasteiger partial charge in [-0.05, 0) is 30.7 Å². The largest absolute Gasteiger partial charge is 0.464 e. The Morgan fingerprint density at radius 3 is 2.86 bits per heavy atom. The number of hydrogen-bond acceptors (Lipinski definition) is 6. The van der Waals surface area contributed by atoms with Crippen molar-refractivity contribution in [1.29, 1.82) is 0 Å². The third-order valence-corrected chi connectivity index (χ3v) is 5.66. The van der Waals surface area contributed by atoms with Crippen LogP contribution in [-0.4, -0.2) is 35.4 Å². The molecule has 0 radical (unpaired) electrons. The first kappa shape index (κ1) is 19.1. The van der Waals surface area contributed by atoms with Crippen molar-refractivity contribution in [2.24, 2.45) is 0 Å². The van der Waals surface area contributed by atoms with Crippen LogP contribution in [0, 0.1) is 6.92 Å². The molecule has 0 fully saturated rings. The molecule has 0 aliphatic carbocycles. The molecule has 0 aliphatic rings. The van der Waals surface area contributed by atoms with E-state index in [1.807, 2.05) is 49.4 Å². The highest BCUT2D eigenvalue weighted by atomic mass is 32.1. The summed E-state index contributed by atoms with van der Waals surface area (Å²) >= 11 is 1.55. The van der Waals surface area contributed by atoms with Gasteiger partial charge in [0.05, 0.1) is 29.4 Å². The van der Waals surface area contributed by atoms with Crippen LogP contribution in [0.25, 0.3) is 21.2 Å². The van der Waals surface area contributed by atoms with Gasteiger partial charge in [-0.15, -0.1) is 11.3 Å². The van der Waals surface area contributed by atoms with Crippen LogP contribution >= 0.6 is 11.3 Å². The second-order valence-corrected chi connectivity index (χ2v) is 8.04. The Morgan fingerprint density at radius 2 is 2.03 bits per heavy atom. The zero-order valence-corrected chi connectivity index (χ0v) is 17.0. The summed E-state index contributed by atoms with van der Waals surface area (Å²) in [6.45, 7) is 2.06. The van der Waals surface area contributed by atoms with Crippen LogP contribution in [0.5, 0.6) is 0 Å². The lowest BCUT2D eigenvalue weighted by atomic mass is 10.1. The van der Waals surface area contributed by atoms with Crippen molar-refractivity contribution in [1.82, 2.24) is 9.88 Å². The van der Waals surface area contributed by atoms with Gasteiger partial charge in [-0.3, -0.25) is 9.59 Å². The summed E-state index contributed by atoms with van der Waals surface area (Å²) in [5, 5.41) is 1.72. The average molecular weight is 408 g/mol. The van der Waals surface area contributed by atoms with Gasteiger partial charge in [0.1, 0.15) is 10.6 Å². The number of likely N-dealkylation sites (N-methyl/N-ethyl adjacent to an activating group) is 1. The van der Waals surface area contributed by atoms with Crippen LogP contribution in [0.4, 0.5) is 0 Å². The number of para-hydroxylation sites is 1. The molecule has 0 aliphatic heterocycles. The molecule has 148 valence electrons. The molecule has 4 rings (SSSR count). The van der Waals surface area contributed by atoms with Gasteiger partial charge >= 0.3 is 5.97 Å². The van der Waals surface area contributed by atoms with Gasteiger partial charge in [-0.1, -0.05) is 24.3 Å². The van der Waals surface area contributed by atoms with E-state index in [9.17, 15) is 9.59 Å². The third kappa shape index (κ3) is 4.30. The lowest BCUT2D eigenvalue weighted by Gasteiger charge is -2.15. The second kappa shape index (κ2) is 8.05. The number of aryl methyl sites for hydroxylation is 1. The molecule has 0 saturated carbocycles. The van der Waals surface area contributed by atoms with E-state index in [4.69, 9.17) is 9.15 Å². The lowest BCUT2D eigenvalue weighted by molar-refractivity contribution is -0.151. The summed E-state index contributed by atoms with van der Waals surface area (Å²) in [5.74, 6) is -0.736. The quantitative estimate of drug-likeness (QED) is 0.449. The number of amides is 1. The minimum absolute atomic E-state index is 0.0604. The van der Waals surface area contributed by atoms with E-state index in [-0.39, 0.29) is 18.9 Å². The van der Waals surface area contributed by atoms with Crippen molar-refractivity contribution < 1.29 is 18.7 Å².